The quantitative estimate of drug-likeness (QED) is 0.906. The molecule has 0 saturated carbocycles. The summed E-state index contributed by atoms with van der Waals surface area (Å²) >= 11 is 6.13. The Kier molecular flexibility index (Phi) is 4.26. The van der Waals surface area contributed by atoms with E-state index in [4.69, 9.17) is 17.3 Å². The number of carbonyl (C=O) groups is 1. The van der Waals surface area contributed by atoms with Crippen LogP contribution in [0.4, 0.5) is 5.95 Å². The van der Waals surface area contributed by atoms with E-state index in [0.29, 0.717) is 35.7 Å². The van der Waals surface area contributed by atoms with Crippen molar-refractivity contribution >= 4 is 23.5 Å². The van der Waals surface area contributed by atoms with Crippen molar-refractivity contribution in [2.45, 2.75) is 19.3 Å². The Labute approximate surface area is 129 Å². The molecule has 21 heavy (non-hydrogen) atoms. The molecule has 1 aromatic heterocycles. The lowest BCUT2D eigenvalue weighted by molar-refractivity contribution is 0.0782. The van der Waals surface area contributed by atoms with Crippen molar-refractivity contribution < 1.29 is 4.79 Å². The number of hydrogen-bond donors (Lipinski definition) is 1. The molecule has 1 amide bonds. The van der Waals surface area contributed by atoms with Gasteiger partial charge in [-0.2, -0.15) is 0 Å². The molecule has 1 aromatic rings. The van der Waals surface area contributed by atoms with Crippen LogP contribution in [0.25, 0.3) is 0 Å². The Morgan fingerprint density at radius 1 is 1.38 bits per heavy atom. The van der Waals surface area contributed by atoms with Crippen molar-refractivity contribution in [2.24, 2.45) is 11.7 Å². The van der Waals surface area contributed by atoms with E-state index in [2.05, 4.69) is 14.9 Å². The van der Waals surface area contributed by atoms with Gasteiger partial charge in [-0.25, -0.2) is 9.97 Å². The van der Waals surface area contributed by atoms with E-state index in [1.807, 2.05) is 0 Å². The van der Waals surface area contributed by atoms with Crippen LogP contribution >= 0.6 is 11.6 Å². The van der Waals surface area contributed by atoms with Gasteiger partial charge in [-0.05, 0) is 31.7 Å². The summed E-state index contributed by atoms with van der Waals surface area (Å²) in [5.41, 5.74) is 5.99. The fourth-order valence-corrected chi connectivity index (χ4v) is 3.11. The van der Waals surface area contributed by atoms with E-state index < -0.39 is 0 Å². The van der Waals surface area contributed by atoms with Gasteiger partial charge in [0.15, 0.2) is 5.69 Å². The number of carbonyl (C=O) groups excluding carboxylic acids is 1. The van der Waals surface area contributed by atoms with Gasteiger partial charge in [-0.1, -0.05) is 11.6 Å². The van der Waals surface area contributed by atoms with Gasteiger partial charge in [-0.15, -0.1) is 0 Å². The van der Waals surface area contributed by atoms with Crippen LogP contribution in [0.1, 0.15) is 29.8 Å². The molecule has 0 unspecified atom stereocenters. The van der Waals surface area contributed by atoms with Crippen LogP contribution in [0.3, 0.4) is 0 Å². The molecule has 2 fully saturated rings. The maximum Gasteiger partial charge on any atom is 0.274 e. The fraction of sp³-hybridized carbons (Fsp3) is 0.643. The van der Waals surface area contributed by atoms with Gasteiger partial charge in [-0.3, -0.25) is 4.79 Å². The molecule has 0 bridgehead atoms. The van der Waals surface area contributed by atoms with Gasteiger partial charge < -0.3 is 15.5 Å². The first-order valence-corrected chi connectivity index (χ1v) is 7.83. The molecular formula is C14H20ClN5O. The molecule has 0 spiro atoms. The second-order valence-corrected chi connectivity index (χ2v) is 6.11. The maximum absolute atomic E-state index is 12.6. The number of likely N-dealkylation sites (tertiary alicyclic amines) is 1. The summed E-state index contributed by atoms with van der Waals surface area (Å²) in [5, 5.41) is 0.319. The molecule has 2 N–H and O–H groups in total. The predicted octanol–water partition coefficient (Wildman–Crippen LogP) is 1.15. The van der Waals surface area contributed by atoms with Crippen molar-refractivity contribution in [3.63, 3.8) is 0 Å². The first kappa shape index (κ1) is 14.5. The second kappa shape index (κ2) is 6.15. The minimum atomic E-state index is -0.112. The zero-order valence-electron chi connectivity index (χ0n) is 12.0. The lowest BCUT2D eigenvalue weighted by atomic mass is 10.1. The Bertz CT molecular complexity index is 532. The van der Waals surface area contributed by atoms with Gasteiger partial charge in [0.1, 0.15) is 0 Å². The smallest absolute Gasteiger partial charge is 0.274 e. The number of nitrogens with zero attached hydrogens (tertiary/aromatic N) is 4. The summed E-state index contributed by atoms with van der Waals surface area (Å²) in [5.74, 6) is 0.876. The number of anilines is 1. The molecule has 0 aromatic carbocycles. The molecular weight excluding hydrogens is 290 g/mol. The van der Waals surface area contributed by atoms with Crippen molar-refractivity contribution in [1.82, 2.24) is 14.9 Å². The Hall–Kier alpha value is -1.40. The van der Waals surface area contributed by atoms with E-state index in [9.17, 15) is 4.79 Å². The zero-order valence-corrected chi connectivity index (χ0v) is 12.7. The number of halogens is 1. The molecule has 1 atom stereocenters. The fourth-order valence-electron chi connectivity index (χ4n) is 2.94. The minimum absolute atomic E-state index is 0.112. The Morgan fingerprint density at radius 2 is 2.14 bits per heavy atom. The van der Waals surface area contributed by atoms with Crippen LogP contribution < -0.4 is 10.6 Å². The van der Waals surface area contributed by atoms with Gasteiger partial charge in [0, 0.05) is 26.2 Å². The predicted molar refractivity (Wildman–Crippen MR) is 81.6 cm³/mol. The number of aromatic nitrogens is 2. The number of amides is 1. The van der Waals surface area contributed by atoms with E-state index >= 15 is 0 Å². The van der Waals surface area contributed by atoms with Crippen LogP contribution in [-0.4, -0.2) is 53.5 Å². The second-order valence-electron chi connectivity index (χ2n) is 5.70. The van der Waals surface area contributed by atoms with Crippen molar-refractivity contribution in [1.29, 1.82) is 0 Å². The van der Waals surface area contributed by atoms with Crippen molar-refractivity contribution in [3.05, 3.63) is 16.9 Å². The number of nitrogens with two attached hydrogens (primary N) is 1. The molecule has 0 radical (unpaired) electrons. The van der Waals surface area contributed by atoms with Crippen LogP contribution in [0, 0.1) is 5.92 Å². The zero-order chi connectivity index (χ0) is 14.8. The lowest BCUT2D eigenvalue weighted by Gasteiger charge is -2.19. The molecule has 3 heterocycles. The van der Waals surface area contributed by atoms with Gasteiger partial charge in [0.25, 0.3) is 5.91 Å². The summed E-state index contributed by atoms with van der Waals surface area (Å²) in [4.78, 5) is 25.1. The normalized spacial score (nSPS) is 22.1. The Balaban J connectivity index is 1.80. The van der Waals surface area contributed by atoms with Gasteiger partial charge >= 0.3 is 0 Å². The minimum Gasteiger partial charge on any atom is -0.341 e. The van der Waals surface area contributed by atoms with Crippen LogP contribution in [0.5, 0.6) is 0 Å². The third kappa shape index (κ3) is 2.96. The SMILES string of the molecule is NC[C@H]1CCN(C(=O)c2nc(N3CCCC3)ncc2Cl)C1. The van der Waals surface area contributed by atoms with E-state index in [1.165, 1.54) is 6.20 Å². The maximum atomic E-state index is 12.6. The monoisotopic (exact) mass is 309 g/mol. The van der Waals surface area contributed by atoms with E-state index in [-0.39, 0.29) is 5.91 Å². The molecule has 7 heteroatoms. The van der Waals surface area contributed by atoms with Crippen LogP contribution in [0.15, 0.2) is 6.20 Å². The molecule has 2 saturated heterocycles. The third-order valence-electron chi connectivity index (χ3n) is 4.23. The summed E-state index contributed by atoms with van der Waals surface area (Å²) in [6.45, 7) is 3.90. The van der Waals surface area contributed by atoms with Crippen molar-refractivity contribution in [2.75, 3.05) is 37.6 Å². The third-order valence-corrected chi connectivity index (χ3v) is 4.51. The lowest BCUT2D eigenvalue weighted by Crippen LogP contribution is -2.31. The first-order chi connectivity index (χ1) is 10.2. The highest BCUT2D eigenvalue weighted by Crippen LogP contribution is 2.23. The summed E-state index contributed by atoms with van der Waals surface area (Å²) < 4.78 is 0. The standard InChI is InChI=1S/C14H20ClN5O/c15-11-8-17-14(19-4-1-2-5-19)18-12(11)13(21)20-6-3-10(7-16)9-20/h8,10H,1-7,9,16H2/t10-/m1/s1. The van der Waals surface area contributed by atoms with Crippen molar-refractivity contribution in [3.8, 4) is 0 Å². The molecule has 3 rings (SSSR count). The summed E-state index contributed by atoms with van der Waals surface area (Å²) in [6.07, 6.45) is 4.76. The molecule has 0 aliphatic carbocycles. The van der Waals surface area contributed by atoms with Crippen LogP contribution in [-0.2, 0) is 0 Å². The summed E-state index contributed by atoms with van der Waals surface area (Å²) in [6, 6.07) is 0. The molecule has 2 aliphatic rings. The largest absolute Gasteiger partial charge is 0.341 e. The van der Waals surface area contributed by atoms with E-state index in [1.54, 1.807) is 4.90 Å². The molecule has 114 valence electrons. The summed E-state index contributed by atoms with van der Waals surface area (Å²) in [7, 11) is 0. The highest BCUT2D eigenvalue weighted by Gasteiger charge is 2.29. The van der Waals surface area contributed by atoms with Crippen LogP contribution in [0.2, 0.25) is 5.02 Å². The molecule has 6 nitrogen and oxygen atoms in total. The topological polar surface area (TPSA) is 75.3 Å². The first-order valence-electron chi connectivity index (χ1n) is 7.46. The average molecular weight is 310 g/mol. The number of rotatable bonds is 3. The average Bonchev–Trinajstić information content (AvgIpc) is 3.18. The molecule has 2 aliphatic heterocycles. The van der Waals surface area contributed by atoms with Gasteiger partial charge in [0.2, 0.25) is 5.95 Å². The van der Waals surface area contributed by atoms with Gasteiger partial charge in [0.05, 0.1) is 11.2 Å². The highest BCUT2D eigenvalue weighted by molar-refractivity contribution is 6.33. The van der Waals surface area contributed by atoms with E-state index in [0.717, 1.165) is 38.9 Å². The Morgan fingerprint density at radius 3 is 2.81 bits per heavy atom. The number of hydrogen-bond acceptors (Lipinski definition) is 5. The highest BCUT2D eigenvalue weighted by atomic mass is 35.5.